The van der Waals surface area contributed by atoms with Crippen molar-refractivity contribution in [3.63, 3.8) is 0 Å². The number of ether oxygens (including phenoxy) is 2. The molecule has 0 bridgehead atoms. The molecule has 0 aliphatic carbocycles. The van der Waals surface area contributed by atoms with E-state index in [1.807, 2.05) is 31.2 Å². The summed E-state index contributed by atoms with van der Waals surface area (Å²) in [5, 5.41) is 1.86. The molecule has 1 aliphatic heterocycles. The highest BCUT2D eigenvalue weighted by atomic mass is 16.8. The molecular weight excluding hydrogens is 218 g/mol. The van der Waals surface area contributed by atoms with E-state index < -0.39 is 0 Å². The Bertz CT molecular complexity index is 352. The van der Waals surface area contributed by atoms with Crippen molar-refractivity contribution < 1.29 is 14.3 Å². The highest BCUT2D eigenvalue weighted by Gasteiger charge is 2.32. The summed E-state index contributed by atoms with van der Waals surface area (Å²) in [6, 6.07) is 8.32. The maximum absolute atomic E-state index is 5.61. The SMILES string of the molecule is CCO[C@H]1C[C@H](c2ccc(OC)cc2)N(C)O1. The van der Waals surface area contributed by atoms with Crippen LogP contribution in [-0.4, -0.2) is 32.1 Å². The predicted octanol–water partition coefficient (Wildman–Crippen LogP) is 2.37. The number of hydroxylamine groups is 2. The Morgan fingerprint density at radius 2 is 2.06 bits per heavy atom. The number of benzene rings is 1. The van der Waals surface area contributed by atoms with Crippen molar-refractivity contribution in [2.24, 2.45) is 0 Å². The normalized spacial score (nSPS) is 25.1. The van der Waals surface area contributed by atoms with Crippen molar-refractivity contribution in [1.82, 2.24) is 5.06 Å². The van der Waals surface area contributed by atoms with Gasteiger partial charge in [0.1, 0.15) is 5.75 Å². The largest absolute Gasteiger partial charge is 0.497 e. The van der Waals surface area contributed by atoms with Crippen molar-refractivity contribution in [3.05, 3.63) is 29.8 Å². The van der Waals surface area contributed by atoms with Gasteiger partial charge in [0, 0.05) is 20.1 Å². The summed E-state index contributed by atoms with van der Waals surface area (Å²) in [6.45, 7) is 2.65. The molecule has 2 rings (SSSR count). The third kappa shape index (κ3) is 2.77. The molecule has 1 saturated heterocycles. The van der Waals surface area contributed by atoms with Crippen LogP contribution in [0.3, 0.4) is 0 Å². The minimum absolute atomic E-state index is 0.128. The Balaban J connectivity index is 2.06. The molecule has 0 amide bonds. The lowest BCUT2D eigenvalue weighted by molar-refractivity contribution is -0.227. The standard InChI is InChI=1S/C13H19NO3/c1-4-16-13-9-12(14(2)17-13)10-5-7-11(15-3)8-6-10/h5-8,12-13H,4,9H2,1-3H3/t12-,13-/m1/s1. The molecule has 1 aromatic rings. The second kappa shape index (κ2) is 5.49. The monoisotopic (exact) mass is 237 g/mol. The van der Waals surface area contributed by atoms with Gasteiger partial charge in [0.25, 0.3) is 0 Å². The predicted molar refractivity (Wildman–Crippen MR) is 64.6 cm³/mol. The molecule has 0 N–H and O–H groups in total. The first-order valence-corrected chi connectivity index (χ1v) is 5.89. The summed E-state index contributed by atoms with van der Waals surface area (Å²) in [6.07, 6.45) is 0.730. The fourth-order valence-corrected chi connectivity index (χ4v) is 2.09. The smallest absolute Gasteiger partial charge is 0.179 e. The van der Waals surface area contributed by atoms with Gasteiger partial charge in [-0.2, -0.15) is 5.06 Å². The van der Waals surface area contributed by atoms with Crippen LogP contribution in [0.1, 0.15) is 24.9 Å². The highest BCUT2D eigenvalue weighted by Crippen LogP contribution is 2.33. The van der Waals surface area contributed by atoms with Crippen LogP contribution >= 0.6 is 0 Å². The zero-order valence-corrected chi connectivity index (χ0v) is 10.6. The molecule has 1 aliphatic rings. The second-order valence-electron chi connectivity index (χ2n) is 4.06. The average Bonchev–Trinajstić information content (AvgIpc) is 2.71. The molecule has 0 radical (unpaired) electrons. The first kappa shape index (κ1) is 12.4. The Labute approximate surface area is 102 Å². The molecule has 4 nitrogen and oxygen atoms in total. The lowest BCUT2D eigenvalue weighted by atomic mass is 10.0. The summed E-state index contributed by atoms with van der Waals surface area (Å²) in [4.78, 5) is 5.61. The van der Waals surface area contributed by atoms with Crippen molar-refractivity contribution in [1.29, 1.82) is 0 Å². The van der Waals surface area contributed by atoms with Crippen LogP contribution in [0.2, 0.25) is 0 Å². The molecule has 94 valence electrons. The van der Waals surface area contributed by atoms with Gasteiger partial charge in [0.05, 0.1) is 13.2 Å². The highest BCUT2D eigenvalue weighted by molar-refractivity contribution is 5.29. The van der Waals surface area contributed by atoms with Crippen molar-refractivity contribution in [3.8, 4) is 5.75 Å². The van der Waals surface area contributed by atoms with Crippen LogP contribution < -0.4 is 4.74 Å². The maximum atomic E-state index is 5.61. The van der Waals surface area contributed by atoms with Gasteiger partial charge < -0.3 is 9.47 Å². The third-order valence-corrected chi connectivity index (χ3v) is 2.99. The van der Waals surface area contributed by atoms with E-state index in [1.54, 1.807) is 7.11 Å². The van der Waals surface area contributed by atoms with Gasteiger partial charge >= 0.3 is 0 Å². The lowest BCUT2D eigenvalue weighted by Crippen LogP contribution is -2.17. The van der Waals surface area contributed by atoms with Crippen LogP contribution in [0.15, 0.2) is 24.3 Å². The minimum Gasteiger partial charge on any atom is -0.497 e. The third-order valence-electron chi connectivity index (χ3n) is 2.99. The molecule has 4 heteroatoms. The van der Waals surface area contributed by atoms with Crippen molar-refractivity contribution >= 4 is 0 Å². The summed E-state index contributed by atoms with van der Waals surface area (Å²) in [5.41, 5.74) is 1.22. The summed E-state index contributed by atoms with van der Waals surface area (Å²) in [5.74, 6) is 0.872. The Morgan fingerprint density at radius 1 is 1.35 bits per heavy atom. The number of hydrogen-bond donors (Lipinski definition) is 0. The molecule has 1 fully saturated rings. The minimum atomic E-state index is -0.128. The first-order valence-electron chi connectivity index (χ1n) is 5.89. The number of nitrogens with zero attached hydrogens (tertiary/aromatic N) is 1. The molecule has 1 aromatic carbocycles. The molecule has 0 spiro atoms. The molecule has 2 atom stereocenters. The van der Waals surface area contributed by atoms with Gasteiger partial charge in [0.15, 0.2) is 6.29 Å². The first-order chi connectivity index (χ1) is 8.24. The van der Waals surface area contributed by atoms with Crippen molar-refractivity contribution in [2.75, 3.05) is 20.8 Å². The second-order valence-corrected chi connectivity index (χ2v) is 4.06. The molecule has 1 heterocycles. The van der Waals surface area contributed by atoms with Crippen LogP contribution in [0.25, 0.3) is 0 Å². The fourth-order valence-electron chi connectivity index (χ4n) is 2.09. The van der Waals surface area contributed by atoms with Gasteiger partial charge in [-0.15, -0.1) is 0 Å². The van der Waals surface area contributed by atoms with E-state index in [9.17, 15) is 0 Å². The van der Waals surface area contributed by atoms with Gasteiger partial charge in [0.2, 0.25) is 0 Å². The van der Waals surface area contributed by atoms with Gasteiger partial charge in [-0.3, -0.25) is 4.84 Å². The molecule has 0 saturated carbocycles. The summed E-state index contributed by atoms with van der Waals surface area (Å²) < 4.78 is 10.6. The number of hydrogen-bond acceptors (Lipinski definition) is 4. The summed E-state index contributed by atoms with van der Waals surface area (Å²) >= 11 is 0. The molecule has 0 unspecified atom stereocenters. The molecular formula is C13H19NO3. The quantitative estimate of drug-likeness (QED) is 0.804. The van der Waals surface area contributed by atoms with Gasteiger partial charge in [-0.05, 0) is 24.6 Å². The van der Waals surface area contributed by atoms with Crippen LogP contribution in [0.4, 0.5) is 0 Å². The Hall–Kier alpha value is -1.10. The van der Waals surface area contributed by atoms with Gasteiger partial charge in [-0.25, -0.2) is 0 Å². The Kier molecular flexibility index (Phi) is 3.99. The Morgan fingerprint density at radius 3 is 2.65 bits per heavy atom. The van der Waals surface area contributed by atoms with E-state index in [2.05, 4.69) is 12.1 Å². The van der Waals surface area contributed by atoms with Crippen LogP contribution in [-0.2, 0) is 9.57 Å². The zero-order valence-electron chi connectivity index (χ0n) is 10.6. The maximum Gasteiger partial charge on any atom is 0.179 e. The lowest BCUT2D eigenvalue weighted by Gasteiger charge is -2.17. The van der Waals surface area contributed by atoms with E-state index in [1.165, 1.54) is 5.56 Å². The topological polar surface area (TPSA) is 30.9 Å². The van der Waals surface area contributed by atoms with Crippen LogP contribution in [0.5, 0.6) is 5.75 Å². The number of methoxy groups -OCH3 is 1. The molecule has 17 heavy (non-hydrogen) atoms. The van der Waals surface area contributed by atoms with E-state index in [4.69, 9.17) is 14.3 Å². The van der Waals surface area contributed by atoms with Crippen molar-refractivity contribution in [2.45, 2.75) is 25.7 Å². The van der Waals surface area contributed by atoms with Crippen LogP contribution in [0, 0.1) is 0 Å². The summed E-state index contributed by atoms with van der Waals surface area (Å²) in [7, 11) is 3.61. The van der Waals surface area contributed by atoms with Gasteiger partial charge in [-0.1, -0.05) is 12.1 Å². The molecule has 0 aromatic heterocycles. The zero-order chi connectivity index (χ0) is 12.3. The van der Waals surface area contributed by atoms with E-state index in [-0.39, 0.29) is 12.3 Å². The number of rotatable bonds is 4. The fraction of sp³-hybridized carbons (Fsp3) is 0.538. The van der Waals surface area contributed by atoms with E-state index in [0.29, 0.717) is 6.61 Å². The van der Waals surface area contributed by atoms with E-state index >= 15 is 0 Å². The van der Waals surface area contributed by atoms with E-state index in [0.717, 1.165) is 12.2 Å². The average molecular weight is 237 g/mol.